The highest BCUT2D eigenvalue weighted by Gasteiger charge is 2.21. The highest BCUT2D eigenvalue weighted by Crippen LogP contribution is 2.48. The van der Waals surface area contributed by atoms with E-state index >= 15 is 0 Å². The van der Waals surface area contributed by atoms with Crippen molar-refractivity contribution in [3.05, 3.63) is 199 Å². The number of para-hydroxylation sites is 2. The molecule has 0 N–H and O–H groups in total. The highest BCUT2D eigenvalue weighted by atomic mass is 32.1. The van der Waals surface area contributed by atoms with Gasteiger partial charge in [0.25, 0.3) is 0 Å². The van der Waals surface area contributed by atoms with Gasteiger partial charge in [-0.3, -0.25) is 4.99 Å². The van der Waals surface area contributed by atoms with Gasteiger partial charge < -0.3 is 4.57 Å². The molecule has 0 radical (unpaired) electrons. The molecular weight excluding hydrogens is 661 g/mol. The number of hydrogen-bond acceptors (Lipinski definition) is 2. The molecule has 0 amide bonds. The molecule has 10 aromatic rings. The average molecular weight is 695 g/mol. The quantitative estimate of drug-likeness (QED) is 0.154. The molecule has 2 heterocycles. The van der Waals surface area contributed by atoms with Gasteiger partial charge in [-0.2, -0.15) is 0 Å². The van der Waals surface area contributed by atoms with Crippen molar-refractivity contribution in [2.24, 2.45) is 4.99 Å². The van der Waals surface area contributed by atoms with E-state index in [0.717, 1.165) is 39.3 Å². The Morgan fingerprint density at radius 3 is 2.04 bits per heavy atom. The maximum absolute atomic E-state index is 5.25. The van der Waals surface area contributed by atoms with Crippen LogP contribution in [0.2, 0.25) is 0 Å². The van der Waals surface area contributed by atoms with Crippen molar-refractivity contribution >= 4 is 81.1 Å². The van der Waals surface area contributed by atoms with Crippen molar-refractivity contribution in [3.63, 3.8) is 0 Å². The van der Waals surface area contributed by atoms with E-state index in [-0.39, 0.29) is 0 Å². The number of aromatic nitrogens is 1. The van der Waals surface area contributed by atoms with Crippen molar-refractivity contribution in [1.29, 1.82) is 0 Å². The molecule has 0 aliphatic rings. The molecule has 10 rings (SSSR count). The van der Waals surface area contributed by atoms with Gasteiger partial charge in [0.15, 0.2) is 0 Å². The third kappa shape index (κ3) is 5.12. The van der Waals surface area contributed by atoms with Crippen LogP contribution in [-0.4, -0.2) is 10.3 Å². The van der Waals surface area contributed by atoms with Crippen LogP contribution in [0.1, 0.15) is 23.6 Å². The molecule has 0 atom stereocenters. The van der Waals surface area contributed by atoms with Gasteiger partial charge in [0.2, 0.25) is 0 Å². The summed E-state index contributed by atoms with van der Waals surface area (Å²) >= 11 is 1.90. The Balaban J connectivity index is 1.10. The summed E-state index contributed by atoms with van der Waals surface area (Å²) in [6, 6.07) is 62.8. The van der Waals surface area contributed by atoms with E-state index in [1.807, 2.05) is 17.4 Å². The molecule has 250 valence electrons. The average Bonchev–Trinajstić information content (AvgIpc) is 3.78. The fourth-order valence-electron chi connectivity index (χ4n) is 7.98. The monoisotopic (exact) mass is 694 g/mol. The van der Waals surface area contributed by atoms with Crippen LogP contribution in [0.4, 0.5) is 5.69 Å². The number of thiophene rings is 1. The summed E-state index contributed by atoms with van der Waals surface area (Å²) in [6.07, 6.45) is 0. The van der Waals surface area contributed by atoms with Gasteiger partial charge in [0, 0.05) is 53.3 Å². The largest absolute Gasteiger partial charge is 0.309 e. The molecule has 0 fully saturated rings. The maximum atomic E-state index is 5.25. The maximum Gasteiger partial charge on any atom is 0.0711 e. The zero-order valence-electron chi connectivity index (χ0n) is 29.3. The molecule has 8 aromatic carbocycles. The summed E-state index contributed by atoms with van der Waals surface area (Å²) in [6.45, 7) is 6.64. The molecule has 0 bridgehead atoms. The summed E-state index contributed by atoms with van der Waals surface area (Å²) < 4.78 is 5.12. The van der Waals surface area contributed by atoms with Crippen LogP contribution in [0, 0.1) is 0 Å². The molecule has 0 saturated heterocycles. The van der Waals surface area contributed by atoms with Crippen molar-refractivity contribution in [2.75, 3.05) is 0 Å². The molecular formula is C50H34N2S. The first-order chi connectivity index (χ1) is 26.1. The fraction of sp³-hybridized carbons (Fsp3) is 0.0200. The smallest absolute Gasteiger partial charge is 0.0711 e. The minimum atomic E-state index is 0.905. The number of aliphatic imine (C=N–C) groups is 1. The lowest BCUT2D eigenvalue weighted by molar-refractivity contribution is 1.18. The second-order valence-corrected chi connectivity index (χ2v) is 14.7. The summed E-state index contributed by atoms with van der Waals surface area (Å²) in [5.74, 6) is 0. The van der Waals surface area contributed by atoms with Crippen LogP contribution < -0.4 is 0 Å². The third-order valence-corrected chi connectivity index (χ3v) is 11.7. The standard InChI is InChI=1S/C50H34N2S/c1-32(34-27-29-36(30-28-34)35-15-4-3-5-16-35)39-19-8-11-24-44(39)51-33(2)37-17-14-18-38(31-37)52-45-25-12-9-22-42(45)48-49(52)41-21-7-6-20-40(41)47-43-23-10-13-26-46(43)53-50(47)48/h3-31H,1H2,2H3. The first-order valence-electron chi connectivity index (χ1n) is 18.0. The van der Waals surface area contributed by atoms with E-state index in [1.54, 1.807) is 0 Å². The Labute approximate surface area is 312 Å². The number of rotatable bonds is 6. The predicted octanol–water partition coefficient (Wildman–Crippen LogP) is 14.2. The minimum absolute atomic E-state index is 0.905. The SMILES string of the molecule is C=C(c1ccc(-c2ccccc2)cc1)c1ccccc1N=C(C)c1cccc(-n2c3ccccc3c3c4sc5ccccc5c4c4ccccc4c32)c1. The van der Waals surface area contributed by atoms with Crippen molar-refractivity contribution < 1.29 is 0 Å². The van der Waals surface area contributed by atoms with Crippen LogP contribution >= 0.6 is 11.3 Å². The highest BCUT2D eigenvalue weighted by molar-refractivity contribution is 7.27. The second kappa shape index (κ2) is 12.6. The lowest BCUT2D eigenvalue weighted by Gasteiger charge is -2.13. The van der Waals surface area contributed by atoms with Crippen molar-refractivity contribution in [1.82, 2.24) is 4.57 Å². The summed E-state index contributed by atoms with van der Waals surface area (Å²) in [5, 5.41) is 7.80. The second-order valence-electron chi connectivity index (χ2n) is 13.6. The Bertz CT molecular complexity index is 3070. The van der Waals surface area contributed by atoms with Crippen LogP contribution in [-0.2, 0) is 0 Å². The van der Waals surface area contributed by atoms with Crippen LogP contribution in [0.5, 0.6) is 0 Å². The zero-order chi connectivity index (χ0) is 35.5. The lowest BCUT2D eigenvalue weighted by atomic mass is 9.96. The summed E-state index contributed by atoms with van der Waals surface area (Å²) in [4.78, 5) is 5.25. The number of hydrogen-bond donors (Lipinski definition) is 0. The fourth-order valence-corrected chi connectivity index (χ4v) is 9.26. The van der Waals surface area contributed by atoms with E-state index in [1.165, 1.54) is 63.9 Å². The Hall–Kier alpha value is -6.55. The first-order valence-corrected chi connectivity index (χ1v) is 18.8. The Morgan fingerprint density at radius 1 is 0.547 bits per heavy atom. The van der Waals surface area contributed by atoms with E-state index < -0.39 is 0 Å². The normalized spacial score (nSPS) is 12.1. The molecule has 0 unspecified atom stereocenters. The molecule has 2 aromatic heterocycles. The molecule has 2 nitrogen and oxygen atoms in total. The van der Waals surface area contributed by atoms with Crippen molar-refractivity contribution in [3.8, 4) is 16.8 Å². The number of nitrogens with zero attached hydrogens (tertiary/aromatic N) is 2. The molecule has 3 heteroatoms. The van der Waals surface area contributed by atoms with Crippen molar-refractivity contribution in [2.45, 2.75) is 6.92 Å². The predicted molar refractivity (Wildman–Crippen MR) is 230 cm³/mol. The van der Waals surface area contributed by atoms with Gasteiger partial charge in [-0.15, -0.1) is 11.3 Å². The molecule has 53 heavy (non-hydrogen) atoms. The van der Waals surface area contributed by atoms with E-state index in [0.29, 0.717) is 0 Å². The molecule has 0 spiro atoms. The van der Waals surface area contributed by atoms with Crippen LogP contribution in [0.25, 0.3) is 75.1 Å². The topological polar surface area (TPSA) is 17.3 Å². The number of benzene rings is 8. The lowest BCUT2D eigenvalue weighted by Crippen LogP contribution is -2.00. The molecule has 0 aliphatic carbocycles. The van der Waals surface area contributed by atoms with Gasteiger partial charge in [-0.1, -0.05) is 152 Å². The van der Waals surface area contributed by atoms with E-state index in [9.17, 15) is 0 Å². The Morgan fingerprint density at radius 2 is 1.21 bits per heavy atom. The van der Waals surface area contributed by atoms with Gasteiger partial charge in [-0.25, -0.2) is 0 Å². The minimum Gasteiger partial charge on any atom is -0.309 e. The van der Waals surface area contributed by atoms with Gasteiger partial charge in [0.1, 0.15) is 0 Å². The van der Waals surface area contributed by atoms with Crippen LogP contribution in [0.15, 0.2) is 187 Å². The van der Waals surface area contributed by atoms with E-state index in [2.05, 4.69) is 188 Å². The van der Waals surface area contributed by atoms with Gasteiger partial charge in [-0.05, 0) is 70.5 Å². The Kier molecular flexibility index (Phi) is 7.41. The number of fused-ring (bicyclic) bond motifs is 10. The summed E-state index contributed by atoms with van der Waals surface area (Å²) in [7, 11) is 0. The van der Waals surface area contributed by atoms with Crippen LogP contribution in [0.3, 0.4) is 0 Å². The van der Waals surface area contributed by atoms with Gasteiger partial charge in [0.05, 0.1) is 16.7 Å². The van der Waals surface area contributed by atoms with Gasteiger partial charge >= 0.3 is 0 Å². The third-order valence-electron chi connectivity index (χ3n) is 10.5. The first kappa shape index (κ1) is 31.2. The summed E-state index contributed by atoms with van der Waals surface area (Å²) in [5.41, 5.74) is 11.9. The van der Waals surface area contributed by atoms with E-state index in [4.69, 9.17) is 4.99 Å². The molecule has 0 saturated carbocycles. The molecule has 0 aliphatic heterocycles. The zero-order valence-corrected chi connectivity index (χ0v) is 30.1.